The van der Waals surface area contributed by atoms with Gasteiger partial charge in [0.25, 0.3) is 0 Å². The second-order valence-corrected chi connectivity index (χ2v) is 5.68. The van der Waals surface area contributed by atoms with Gasteiger partial charge < -0.3 is 10.2 Å². The van der Waals surface area contributed by atoms with Gasteiger partial charge in [-0.05, 0) is 37.1 Å². The van der Waals surface area contributed by atoms with Crippen molar-refractivity contribution < 1.29 is 0 Å². The quantitative estimate of drug-likeness (QED) is 0.723. The molecule has 0 spiro atoms. The standard InChI is InChI=1S/C20H22N4/c1-3-24(18-11-7-8-16(2)12-18)20-13-19(22-15-23-20)21-14-17-9-5-4-6-10-17/h4-13,15H,3,14H2,1-2H3,(H,21,22,23). The molecule has 3 rings (SSSR count). The molecule has 0 aliphatic carbocycles. The summed E-state index contributed by atoms with van der Waals surface area (Å²) in [5.41, 5.74) is 3.61. The molecule has 122 valence electrons. The van der Waals surface area contributed by atoms with Crippen molar-refractivity contribution in [2.75, 3.05) is 16.8 Å². The van der Waals surface area contributed by atoms with Crippen LogP contribution in [-0.2, 0) is 6.54 Å². The molecule has 0 atom stereocenters. The van der Waals surface area contributed by atoms with Crippen LogP contribution in [0.1, 0.15) is 18.1 Å². The lowest BCUT2D eigenvalue weighted by molar-refractivity contribution is 0.970. The molecular weight excluding hydrogens is 296 g/mol. The zero-order chi connectivity index (χ0) is 16.8. The highest BCUT2D eigenvalue weighted by molar-refractivity contribution is 5.62. The van der Waals surface area contributed by atoms with Gasteiger partial charge in [0.15, 0.2) is 0 Å². The predicted molar refractivity (Wildman–Crippen MR) is 99.7 cm³/mol. The maximum atomic E-state index is 4.45. The smallest absolute Gasteiger partial charge is 0.138 e. The molecule has 1 aromatic heterocycles. The van der Waals surface area contributed by atoms with Crippen LogP contribution in [-0.4, -0.2) is 16.5 Å². The lowest BCUT2D eigenvalue weighted by Crippen LogP contribution is -2.18. The first-order chi connectivity index (χ1) is 11.8. The van der Waals surface area contributed by atoms with E-state index in [1.807, 2.05) is 24.3 Å². The molecular formula is C20H22N4. The highest BCUT2D eigenvalue weighted by Crippen LogP contribution is 2.25. The van der Waals surface area contributed by atoms with E-state index in [0.29, 0.717) is 0 Å². The molecule has 4 heteroatoms. The molecule has 0 radical (unpaired) electrons. The van der Waals surface area contributed by atoms with Gasteiger partial charge in [0.1, 0.15) is 18.0 Å². The van der Waals surface area contributed by atoms with E-state index in [4.69, 9.17) is 0 Å². The van der Waals surface area contributed by atoms with Crippen LogP contribution >= 0.6 is 0 Å². The molecule has 2 aromatic carbocycles. The van der Waals surface area contributed by atoms with Crippen molar-refractivity contribution in [1.82, 2.24) is 9.97 Å². The second kappa shape index (κ2) is 7.59. The Kier molecular flexibility index (Phi) is 5.06. The summed E-state index contributed by atoms with van der Waals surface area (Å²) in [6.45, 7) is 5.82. The van der Waals surface area contributed by atoms with Crippen molar-refractivity contribution in [2.24, 2.45) is 0 Å². The van der Waals surface area contributed by atoms with Gasteiger partial charge in [-0.1, -0.05) is 42.5 Å². The van der Waals surface area contributed by atoms with Crippen molar-refractivity contribution in [3.63, 3.8) is 0 Å². The highest BCUT2D eigenvalue weighted by Gasteiger charge is 2.10. The number of hydrogen-bond donors (Lipinski definition) is 1. The fourth-order valence-electron chi connectivity index (χ4n) is 2.65. The van der Waals surface area contributed by atoms with E-state index in [1.54, 1.807) is 6.33 Å². The van der Waals surface area contributed by atoms with Crippen molar-refractivity contribution in [1.29, 1.82) is 0 Å². The van der Waals surface area contributed by atoms with Gasteiger partial charge in [0.05, 0.1) is 0 Å². The molecule has 1 heterocycles. The Bertz CT molecular complexity index is 786. The van der Waals surface area contributed by atoms with Crippen LogP contribution in [0.15, 0.2) is 67.0 Å². The Balaban J connectivity index is 1.78. The van der Waals surface area contributed by atoms with Crippen LogP contribution in [0.4, 0.5) is 17.3 Å². The molecule has 0 aliphatic heterocycles. The first-order valence-corrected chi connectivity index (χ1v) is 8.20. The fourth-order valence-corrected chi connectivity index (χ4v) is 2.65. The van der Waals surface area contributed by atoms with Gasteiger partial charge in [-0.15, -0.1) is 0 Å². The SMILES string of the molecule is CCN(c1cccc(C)c1)c1cc(NCc2ccccc2)ncn1. The van der Waals surface area contributed by atoms with E-state index in [0.717, 1.165) is 30.4 Å². The molecule has 24 heavy (non-hydrogen) atoms. The van der Waals surface area contributed by atoms with Crippen LogP contribution < -0.4 is 10.2 Å². The van der Waals surface area contributed by atoms with Crippen molar-refractivity contribution >= 4 is 17.3 Å². The number of anilines is 3. The van der Waals surface area contributed by atoms with Crippen LogP contribution in [0.2, 0.25) is 0 Å². The number of aryl methyl sites for hydroxylation is 1. The average Bonchev–Trinajstić information content (AvgIpc) is 2.62. The van der Waals surface area contributed by atoms with E-state index in [-0.39, 0.29) is 0 Å². The largest absolute Gasteiger partial charge is 0.366 e. The zero-order valence-corrected chi connectivity index (χ0v) is 14.1. The summed E-state index contributed by atoms with van der Waals surface area (Å²) in [7, 11) is 0. The van der Waals surface area contributed by atoms with E-state index in [9.17, 15) is 0 Å². The Morgan fingerprint density at radius 2 is 1.79 bits per heavy atom. The Hall–Kier alpha value is -2.88. The molecule has 0 unspecified atom stereocenters. The van der Waals surface area contributed by atoms with Crippen LogP contribution in [0.5, 0.6) is 0 Å². The fraction of sp³-hybridized carbons (Fsp3) is 0.200. The van der Waals surface area contributed by atoms with Crippen molar-refractivity contribution in [2.45, 2.75) is 20.4 Å². The summed E-state index contributed by atoms with van der Waals surface area (Å²) in [6.07, 6.45) is 1.61. The molecule has 0 saturated heterocycles. The maximum Gasteiger partial charge on any atom is 0.138 e. The molecule has 0 amide bonds. The summed E-state index contributed by atoms with van der Waals surface area (Å²) in [4.78, 5) is 11.0. The van der Waals surface area contributed by atoms with Gasteiger partial charge in [-0.2, -0.15) is 0 Å². The number of hydrogen-bond acceptors (Lipinski definition) is 4. The van der Waals surface area contributed by atoms with Gasteiger partial charge >= 0.3 is 0 Å². The second-order valence-electron chi connectivity index (χ2n) is 5.68. The Labute approximate surface area is 143 Å². The molecule has 1 N–H and O–H groups in total. The monoisotopic (exact) mass is 318 g/mol. The summed E-state index contributed by atoms with van der Waals surface area (Å²) < 4.78 is 0. The number of nitrogens with one attached hydrogen (secondary N) is 1. The molecule has 3 aromatic rings. The molecule has 4 nitrogen and oxygen atoms in total. The predicted octanol–water partition coefficient (Wildman–Crippen LogP) is 4.56. The number of nitrogens with zero attached hydrogens (tertiary/aromatic N) is 3. The molecule has 0 saturated carbocycles. The number of benzene rings is 2. The Morgan fingerprint density at radius 3 is 2.54 bits per heavy atom. The molecule has 0 bridgehead atoms. The van der Waals surface area contributed by atoms with Crippen LogP contribution in [0.25, 0.3) is 0 Å². The lowest BCUT2D eigenvalue weighted by atomic mass is 10.2. The minimum atomic E-state index is 0.744. The zero-order valence-electron chi connectivity index (χ0n) is 14.1. The van der Waals surface area contributed by atoms with Gasteiger partial charge in [0, 0.05) is 24.8 Å². The lowest BCUT2D eigenvalue weighted by Gasteiger charge is -2.22. The summed E-state index contributed by atoms with van der Waals surface area (Å²) in [5.74, 6) is 1.73. The van der Waals surface area contributed by atoms with Crippen LogP contribution in [0, 0.1) is 6.92 Å². The molecule has 0 aliphatic rings. The van der Waals surface area contributed by atoms with E-state index in [2.05, 4.69) is 70.4 Å². The summed E-state index contributed by atoms with van der Waals surface area (Å²) >= 11 is 0. The number of aromatic nitrogens is 2. The normalized spacial score (nSPS) is 10.4. The highest BCUT2D eigenvalue weighted by atomic mass is 15.2. The first-order valence-electron chi connectivity index (χ1n) is 8.20. The number of rotatable bonds is 6. The van der Waals surface area contributed by atoms with Gasteiger partial charge in [-0.25, -0.2) is 9.97 Å². The summed E-state index contributed by atoms with van der Waals surface area (Å²) in [6, 6.07) is 20.7. The van der Waals surface area contributed by atoms with Crippen LogP contribution in [0.3, 0.4) is 0 Å². The summed E-state index contributed by atoms with van der Waals surface area (Å²) in [5, 5.41) is 3.37. The van der Waals surface area contributed by atoms with Gasteiger partial charge in [-0.3, -0.25) is 0 Å². The first kappa shape index (κ1) is 16.0. The third-order valence-corrected chi connectivity index (χ3v) is 3.88. The Morgan fingerprint density at radius 1 is 0.958 bits per heavy atom. The molecule has 0 fully saturated rings. The van der Waals surface area contributed by atoms with E-state index >= 15 is 0 Å². The minimum absolute atomic E-state index is 0.744. The average molecular weight is 318 g/mol. The van der Waals surface area contributed by atoms with Gasteiger partial charge in [0.2, 0.25) is 0 Å². The third-order valence-electron chi connectivity index (χ3n) is 3.88. The topological polar surface area (TPSA) is 41.0 Å². The maximum absolute atomic E-state index is 4.45. The van der Waals surface area contributed by atoms with Crippen molar-refractivity contribution in [3.05, 3.63) is 78.1 Å². The van der Waals surface area contributed by atoms with E-state index < -0.39 is 0 Å². The minimum Gasteiger partial charge on any atom is -0.366 e. The van der Waals surface area contributed by atoms with E-state index in [1.165, 1.54) is 11.1 Å². The van der Waals surface area contributed by atoms with Crippen molar-refractivity contribution in [3.8, 4) is 0 Å². The third kappa shape index (κ3) is 3.90.